The Labute approximate surface area is 270 Å². The molecule has 4 aromatic heterocycles. The molecule has 0 spiro atoms. The fourth-order valence-corrected chi connectivity index (χ4v) is 4.48. The van der Waals surface area contributed by atoms with E-state index in [1.807, 2.05) is 133 Å². The minimum absolute atomic E-state index is 0. The van der Waals surface area contributed by atoms with Crippen LogP contribution in [0.25, 0.3) is 55.7 Å². The standard InChI is InChI=1S/C17H10NO.2C11H8N.Ir/c1-2-7-16-13(5-1)14-9-8-12(11-17(14)19-16)15-6-3-4-10-18-15;2*1-2-6-10(7-3-1)11-8-4-5-9-12-11;/h1-7,9-11H;2*1-6,8-9H;/q3*-1;+3. The van der Waals surface area contributed by atoms with E-state index in [2.05, 4.69) is 39.2 Å². The van der Waals surface area contributed by atoms with Crippen LogP contribution in [-0.4, -0.2) is 15.0 Å². The molecule has 0 aliphatic heterocycles. The molecule has 0 saturated heterocycles. The van der Waals surface area contributed by atoms with Crippen LogP contribution in [0.1, 0.15) is 0 Å². The summed E-state index contributed by atoms with van der Waals surface area (Å²) in [6.07, 6.45) is 5.36. The summed E-state index contributed by atoms with van der Waals surface area (Å²) in [5.41, 5.74) is 7.66. The molecule has 0 fully saturated rings. The van der Waals surface area contributed by atoms with Gasteiger partial charge < -0.3 is 19.4 Å². The van der Waals surface area contributed by atoms with Gasteiger partial charge in [-0.2, -0.15) is 0 Å². The minimum Gasteiger partial charge on any atom is -0.476 e. The number of fused-ring (bicyclic) bond motifs is 3. The predicted molar refractivity (Wildman–Crippen MR) is 173 cm³/mol. The topological polar surface area (TPSA) is 51.8 Å². The van der Waals surface area contributed by atoms with Crippen molar-refractivity contribution in [2.75, 3.05) is 0 Å². The van der Waals surface area contributed by atoms with Crippen molar-refractivity contribution < 1.29 is 24.5 Å². The number of benzene rings is 4. The van der Waals surface area contributed by atoms with E-state index >= 15 is 0 Å². The van der Waals surface area contributed by atoms with Gasteiger partial charge in [-0.1, -0.05) is 66.0 Å². The van der Waals surface area contributed by atoms with Crippen LogP contribution in [0.15, 0.2) is 163 Å². The van der Waals surface area contributed by atoms with E-state index < -0.39 is 0 Å². The maximum atomic E-state index is 5.87. The van der Waals surface area contributed by atoms with Crippen molar-refractivity contribution in [1.82, 2.24) is 15.0 Å². The summed E-state index contributed by atoms with van der Waals surface area (Å²) in [5.74, 6) is 0. The Morgan fingerprint density at radius 2 is 0.932 bits per heavy atom. The maximum absolute atomic E-state index is 5.87. The second-order valence-electron chi connectivity index (χ2n) is 9.42. The molecule has 0 bridgehead atoms. The van der Waals surface area contributed by atoms with E-state index in [0.717, 1.165) is 55.7 Å². The Kier molecular flexibility index (Phi) is 10.5. The van der Waals surface area contributed by atoms with Crippen LogP contribution < -0.4 is 0 Å². The summed E-state index contributed by atoms with van der Waals surface area (Å²) < 4.78 is 5.87. The van der Waals surface area contributed by atoms with Crippen LogP contribution in [0.4, 0.5) is 0 Å². The number of pyridine rings is 3. The molecule has 4 aromatic carbocycles. The van der Waals surface area contributed by atoms with Gasteiger partial charge in [-0.3, -0.25) is 0 Å². The number of para-hydroxylation sites is 1. The van der Waals surface area contributed by atoms with Gasteiger partial charge in [0.05, 0.1) is 5.58 Å². The zero-order chi connectivity index (χ0) is 29.1. The normalized spacial score (nSPS) is 10.1. The van der Waals surface area contributed by atoms with Crippen LogP contribution in [0.2, 0.25) is 0 Å². The quantitative estimate of drug-likeness (QED) is 0.169. The minimum atomic E-state index is 0. The first kappa shape index (κ1) is 30.2. The first-order valence-electron chi connectivity index (χ1n) is 13.9. The van der Waals surface area contributed by atoms with Gasteiger partial charge in [-0.15, -0.1) is 89.5 Å². The summed E-state index contributed by atoms with van der Waals surface area (Å²) >= 11 is 0. The van der Waals surface area contributed by atoms with Crippen LogP contribution in [0.3, 0.4) is 0 Å². The molecule has 8 rings (SSSR count). The van der Waals surface area contributed by atoms with Crippen molar-refractivity contribution in [3.05, 3.63) is 176 Å². The number of hydrogen-bond donors (Lipinski definition) is 0. The second kappa shape index (κ2) is 15.3. The molecule has 4 nitrogen and oxygen atoms in total. The molecule has 4 heterocycles. The Hall–Kier alpha value is -5.22. The van der Waals surface area contributed by atoms with Crippen LogP contribution >= 0.6 is 0 Å². The van der Waals surface area contributed by atoms with Crippen molar-refractivity contribution in [1.29, 1.82) is 0 Å². The smallest absolute Gasteiger partial charge is 0.476 e. The molecular weight excluding hydrogens is 719 g/mol. The van der Waals surface area contributed by atoms with Gasteiger partial charge in [-0.05, 0) is 46.7 Å². The number of hydrogen-bond acceptors (Lipinski definition) is 4. The molecule has 212 valence electrons. The fraction of sp³-hybridized carbons (Fsp3) is 0. The van der Waals surface area contributed by atoms with E-state index in [1.54, 1.807) is 18.6 Å². The predicted octanol–water partition coefficient (Wildman–Crippen LogP) is 9.54. The summed E-state index contributed by atoms with van der Waals surface area (Å²) in [6, 6.07) is 54.8. The van der Waals surface area contributed by atoms with Crippen molar-refractivity contribution >= 4 is 21.9 Å². The number of nitrogens with zero attached hydrogens (tertiary/aromatic N) is 3. The monoisotopic (exact) mass is 745 g/mol. The molecule has 8 aromatic rings. The average Bonchev–Trinajstić information content (AvgIpc) is 3.49. The third kappa shape index (κ3) is 7.59. The summed E-state index contributed by atoms with van der Waals surface area (Å²) in [4.78, 5) is 12.8. The van der Waals surface area contributed by atoms with Gasteiger partial charge in [0.15, 0.2) is 0 Å². The van der Waals surface area contributed by atoms with Gasteiger partial charge in [0.1, 0.15) is 5.58 Å². The van der Waals surface area contributed by atoms with Crippen molar-refractivity contribution in [3.63, 3.8) is 0 Å². The zero-order valence-corrected chi connectivity index (χ0v) is 26.0. The van der Waals surface area contributed by atoms with E-state index in [-0.39, 0.29) is 20.1 Å². The van der Waals surface area contributed by atoms with Gasteiger partial charge in [0.25, 0.3) is 0 Å². The molecule has 0 N–H and O–H groups in total. The number of furan rings is 1. The maximum Gasteiger partial charge on any atom is 3.00 e. The first-order valence-corrected chi connectivity index (χ1v) is 13.9. The van der Waals surface area contributed by atoms with Crippen molar-refractivity contribution in [3.8, 4) is 33.8 Å². The molecule has 44 heavy (non-hydrogen) atoms. The van der Waals surface area contributed by atoms with Crippen LogP contribution in [0, 0.1) is 18.2 Å². The van der Waals surface area contributed by atoms with Crippen LogP contribution in [0.5, 0.6) is 0 Å². The molecule has 0 amide bonds. The van der Waals surface area contributed by atoms with Gasteiger partial charge in [0, 0.05) is 18.6 Å². The Morgan fingerprint density at radius 1 is 0.432 bits per heavy atom. The Balaban J connectivity index is 0.000000135. The molecular formula is C39H26IrN3O. The summed E-state index contributed by atoms with van der Waals surface area (Å²) in [7, 11) is 0. The fourth-order valence-electron chi connectivity index (χ4n) is 4.48. The first-order chi connectivity index (χ1) is 21.3. The average molecular weight is 745 g/mol. The molecule has 0 atom stereocenters. The summed E-state index contributed by atoms with van der Waals surface area (Å²) in [6.45, 7) is 0. The van der Waals surface area contributed by atoms with Crippen LogP contribution in [-0.2, 0) is 20.1 Å². The third-order valence-corrected chi connectivity index (χ3v) is 6.55. The number of aromatic nitrogens is 3. The second-order valence-corrected chi connectivity index (χ2v) is 9.42. The van der Waals surface area contributed by atoms with E-state index in [1.165, 1.54) is 0 Å². The Morgan fingerprint density at radius 3 is 1.43 bits per heavy atom. The SMILES string of the molecule is [Ir+3].[c-]1cc2c(cc1-c1ccccn1)oc1ccccc12.[c-]1ccccc1-c1ccccn1.[c-]1ccccc1-c1ccccn1. The Bertz CT molecular complexity index is 1850. The third-order valence-electron chi connectivity index (χ3n) is 6.55. The number of rotatable bonds is 3. The van der Waals surface area contributed by atoms with Crippen molar-refractivity contribution in [2.45, 2.75) is 0 Å². The molecule has 0 unspecified atom stereocenters. The molecule has 0 aliphatic rings. The van der Waals surface area contributed by atoms with Gasteiger partial charge >= 0.3 is 20.1 Å². The van der Waals surface area contributed by atoms with E-state index in [4.69, 9.17) is 4.42 Å². The molecule has 0 aliphatic carbocycles. The van der Waals surface area contributed by atoms with E-state index in [0.29, 0.717) is 0 Å². The van der Waals surface area contributed by atoms with E-state index in [9.17, 15) is 0 Å². The molecule has 5 heteroatoms. The molecule has 0 saturated carbocycles. The zero-order valence-electron chi connectivity index (χ0n) is 23.6. The van der Waals surface area contributed by atoms with Gasteiger partial charge in [-0.25, -0.2) is 0 Å². The van der Waals surface area contributed by atoms with Gasteiger partial charge in [0.2, 0.25) is 0 Å². The largest absolute Gasteiger partial charge is 3.00 e. The van der Waals surface area contributed by atoms with Crippen molar-refractivity contribution in [2.24, 2.45) is 0 Å². The summed E-state index contributed by atoms with van der Waals surface area (Å²) in [5, 5.41) is 2.22. The molecule has 0 radical (unpaired) electrons.